The van der Waals surface area contributed by atoms with Gasteiger partial charge in [-0.3, -0.25) is 19.4 Å². The van der Waals surface area contributed by atoms with E-state index >= 15 is 0 Å². The molecule has 0 bridgehead atoms. The van der Waals surface area contributed by atoms with Gasteiger partial charge in [-0.25, -0.2) is 4.98 Å². The van der Waals surface area contributed by atoms with Gasteiger partial charge in [0.1, 0.15) is 5.01 Å². The SMILES string of the molecule is Cc1ccc2c(c1)C(=O)C(=O)N2CN1CCC[C@@H]1c1nc2ccccc2s1. The molecule has 1 amide bonds. The predicted molar refractivity (Wildman–Crippen MR) is 106 cm³/mol. The number of hydrogen-bond acceptors (Lipinski definition) is 5. The molecule has 0 N–H and O–H groups in total. The van der Waals surface area contributed by atoms with Gasteiger partial charge in [0.05, 0.1) is 34.2 Å². The highest BCUT2D eigenvalue weighted by Gasteiger charge is 2.39. The highest BCUT2D eigenvalue weighted by Crippen LogP contribution is 2.38. The standard InChI is InChI=1S/C21H19N3O2S/c1-13-8-9-16-14(11-13)19(25)21(26)24(16)12-23-10-4-6-17(23)20-22-15-5-2-3-7-18(15)27-20/h2-3,5,7-9,11,17H,4,6,10,12H2,1H3/t17-/m1/s1. The Hall–Kier alpha value is -2.57. The van der Waals surface area contributed by atoms with Crippen LogP contribution in [-0.2, 0) is 4.79 Å². The second-order valence-electron chi connectivity index (χ2n) is 7.21. The van der Waals surface area contributed by atoms with E-state index in [0.717, 1.165) is 41.2 Å². The molecule has 1 saturated heterocycles. The van der Waals surface area contributed by atoms with Gasteiger partial charge in [0.25, 0.3) is 5.78 Å². The molecule has 2 aliphatic heterocycles. The van der Waals surface area contributed by atoms with Crippen molar-refractivity contribution in [3.8, 4) is 0 Å². The number of amides is 1. The molecule has 6 heteroatoms. The lowest BCUT2D eigenvalue weighted by Gasteiger charge is -2.28. The van der Waals surface area contributed by atoms with Crippen molar-refractivity contribution in [2.45, 2.75) is 25.8 Å². The number of Topliss-reactive ketones (excluding diaryl/α,β-unsaturated/α-hetero) is 1. The van der Waals surface area contributed by atoms with Gasteiger partial charge in [0.15, 0.2) is 0 Å². The topological polar surface area (TPSA) is 53.5 Å². The van der Waals surface area contributed by atoms with Gasteiger partial charge in [0.2, 0.25) is 0 Å². The number of ketones is 1. The quantitative estimate of drug-likeness (QED) is 0.649. The summed E-state index contributed by atoms with van der Waals surface area (Å²) >= 11 is 1.72. The lowest BCUT2D eigenvalue weighted by molar-refractivity contribution is -0.114. The van der Waals surface area contributed by atoms with Crippen molar-refractivity contribution < 1.29 is 9.59 Å². The molecule has 1 aromatic heterocycles. The third-order valence-corrected chi connectivity index (χ3v) is 6.55. The zero-order valence-electron chi connectivity index (χ0n) is 15.0. The summed E-state index contributed by atoms with van der Waals surface area (Å²) in [6, 6.07) is 14.0. The first-order valence-electron chi connectivity index (χ1n) is 9.18. The molecule has 0 saturated carbocycles. The number of anilines is 1. The normalized spacial score (nSPS) is 20.0. The molecule has 3 heterocycles. The van der Waals surface area contributed by atoms with Crippen LogP contribution >= 0.6 is 11.3 Å². The molecule has 0 radical (unpaired) electrons. The third-order valence-electron chi connectivity index (χ3n) is 5.41. The molecule has 1 fully saturated rings. The Labute approximate surface area is 161 Å². The number of hydrogen-bond donors (Lipinski definition) is 0. The van der Waals surface area contributed by atoms with Gasteiger partial charge < -0.3 is 0 Å². The monoisotopic (exact) mass is 377 g/mol. The molecule has 27 heavy (non-hydrogen) atoms. The molecular weight excluding hydrogens is 358 g/mol. The minimum Gasteiger partial charge on any atom is -0.291 e. The van der Waals surface area contributed by atoms with Crippen LogP contribution in [0.2, 0.25) is 0 Å². The van der Waals surface area contributed by atoms with E-state index in [-0.39, 0.29) is 6.04 Å². The third kappa shape index (κ3) is 2.67. The fourth-order valence-electron chi connectivity index (χ4n) is 4.04. The van der Waals surface area contributed by atoms with Crippen LogP contribution in [0.25, 0.3) is 10.2 Å². The molecule has 5 nitrogen and oxygen atoms in total. The fourth-order valence-corrected chi connectivity index (χ4v) is 5.18. The minimum absolute atomic E-state index is 0.194. The van der Waals surface area contributed by atoms with Crippen LogP contribution in [-0.4, -0.2) is 34.8 Å². The smallest absolute Gasteiger partial charge is 0.291 e. The maximum atomic E-state index is 12.6. The van der Waals surface area contributed by atoms with Gasteiger partial charge in [0, 0.05) is 6.54 Å². The predicted octanol–water partition coefficient (Wildman–Crippen LogP) is 3.93. The summed E-state index contributed by atoms with van der Waals surface area (Å²) in [4.78, 5) is 33.7. The van der Waals surface area contributed by atoms with Gasteiger partial charge >= 0.3 is 5.91 Å². The number of nitrogens with zero attached hydrogens (tertiary/aromatic N) is 3. The molecule has 0 aliphatic carbocycles. The Morgan fingerprint density at radius 1 is 1.19 bits per heavy atom. The highest BCUT2D eigenvalue weighted by molar-refractivity contribution is 7.18. The molecule has 0 unspecified atom stereocenters. The summed E-state index contributed by atoms with van der Waals surface area (Å²) < 4.78 is 1.19. The maximum absolute atomic E-state index is 12.6. The van der Waals surface area contributed by atoms with E-state index < -0.39 is 11.7 Å². The van der Waals surface area contributed by atoms with Crippen LogP contribution in [0.15, 0.2) is 42.5 Å². The second-order valence-corrected chi connectivity index (χ2v) is 8.28. The van der Waals surface area contributed by atoms with Crippen LogP contribution in [0.1, 0.15) is 39.8 Å². The molecule has 0 spiro atoms. The van der Waals surface area contributed by atoms with E-state index in [2.05, 4.69) is 11.0 Å². The maximum Gasteiger partial charge on any atom is 0.300 e. The van der Waals surface area contributed by atoms with E-state index in [1.54, 1.807) is 16.2 Å². The van der Waals surface area contributed by atoms with Crippen LogP contribution in [0.4, 0.5) is 5.69 Å². The van der Waals surface area contributed by atoms with Crippen molar-refractivity contribution in [3.63, 3.8) is 0 Å². The van der Waals surface area contributed by atoms with Crippen molar-refractivity contribution in [1.82, 2.24) is 9.88 Å². The van der Waals surface area contributed by atoms with Crippen molar-refractivity contribution >= 4 is 38.9 Å². The molecule has 5 rings (SSSR count). The summed E-state index contributed by atoms with van der Waals surface area (Å²) in [7, 11) is 0. The highest BCUT2D eigenvalue weighted by atomic mass is 32.1. The summed E-state index contributed by atoms with van der Waals surface area (Å²) in [5.74, 6) is -0.824. The minimum atomic E-state index is -0.425. The van der Waals surface area contributed by atoms with Crippen LogP contribution < -0.4 is 4.90 Å². The van der Waals surface area contributed by atoms with Gasteiger partial charge in [-0.15, -0.1) is 11.3 Å². The number of aromatic nitrogens is 1. The number of carbonyl (C=O) groups excluding carboxylic acids is 2. The fraction of sp³-hybridized carbons (Fsp3) is 0.286. The van der Waals surface area contributed by atoms with Crippen LogP contribution in [0, 0.1) is 6.92 Å². The van der Waals surface area contributed by atoms with Crippen LogP contribution in [0.3, 0.4) is 0 Å². The molecule has 1 atom stereocenters. The Morgan fingerprint density at radius 3 is 2.89 bits per heavy atom. The van der Waals surface area contributed by atoms with E-state index in [9.17, 15) is 9.59 Å². The van der Waals surface area contributed by atoms with Crippen molar-refractivity contribution in [2.75, 3.05) is 18.1 Å². The number of rotatable bonds is 3. The first kappa shape index (κ1) is 16.6. The number of fused-ring (bicyclic) bond motifs is 2. The summed E-state index contributed by atoms with van der Waals surface area (Å²) in [5.41, 5.74) is 3.27. The Bertz CT molecular complexity index is 1040. The van der Waals surface area contributed by atoms with Gasteiger partial charge in [-0.2, -0.15) is 0 Å². The molecular formula is C21H19N3O2S. The molecule has 2 aromatic carbocycles. The number of para-hydroxylation sites is 1. The molecule has 136 valence electrons. The Balaban J connectivity index is 1.45. The number of carbonyl (C=O) groups is 2. The number of benzene rings is 2. The first-order chi connectivity index (χ1) is 13.1. The van der Waals surface area contributed by atoms with E-state index in [4.69, 9.17) is 4.98 Å². The lowest BCUT2D eigenvalue weighted by atomic mass is 10.1. The van der Waals surface area contributed by atoms with E-state index in [1.165, 1.54) is 4.70 Å². The van der Waals surface area contributed by atoms with Crippen molar-refractivity contribution in [1.29, 1.82) is 0 Å². The Kier molecular flexibility index (Phi) is 3.84. The molecule has 3 aromatic rings. The zero-order chi connectivity index (χ0) is 18.5. The average molecular weight is 377 g/mol. The number of aryl methyl sites for hydroxylation is 1. The largest absolute Gasteiger partial charge is 0.300 e. The van der Waals surface area contributed by atoms with Crippen molar-refractivity contribution in [2.24, 2.45) is 0 Å². The van der Waals surface area contributed by atoms with Gasteiger partial charge in [-0.05, 0) is 44.0 Å². The van der Waals surface area contributed by atoms with Crippen molar-refractivity contribution in [3.05, 3.63) is 58.6 Å². The van der Waals surface area contributed by atoms with E-state index in [1.807, 2.05) is 43.3 Å². The van der Waals surface area contributed by atoms with E-state index in [0.29, 0.717) is 12.2 Å². The Morgan fingerprint density at radius 2 is 2.04 bits per heavy atom. The van der Waals surface area contributed by atoms with Gasteiger partial charge in [-0.1, -0.05) is 23.8 Å². The lowest BCUT2D eigenvalue weighted by Crippen LogP contribution is -2.40. The second kappa shape index (κ2) is 6.25. The summed E-state index contributed by atoms with van der Waals surface area (Å²) in [5, 5.41) is 1.09. The first-order valence-corrected chi connectivity index (χ1v) is 10.00. The average Bonchev–Trinajstić information content (AvgIpc) is 3.35. The number of thiazole rings is 1. The molecule has 2 aliphatic rings. The zero-order valence-corrected chi connectivity index (χ0v) is 15.8. The summed E-state index contributed by atoms with van der Waals surface area (Å²) in [6.45, 7) is 3.27. The summed E-state index contributed by atoms with van der Waals surface area (Å²) in [6.07, 6.45) is 2.09. The number of likely N-dealkylation sites (tertiary alicyclic amines) is 1. The van der Waals surface area contributed by atoms with Crippen LogP contribution in [0.5, 0.6) is 0 Å².